The summed E-state index contributed by atoms with van der Waals surface area (Å²) in [6, 6.07) is 10.8. The van der Waals surface area contributed by atoms with Gasteiger partial charge in [0.2, 0.25) is 0 Å². The van der Waals surface area contributed by atoms with E-state index in [2.05, 4.69) is 77.8 Å². The van der Waals surface area contributed by atoms with Crippen LogP contribution in [0.2, 0.25) is 0 Å². The van der Waals surface area contributed by atoms with E-state index in [1.54, 1.807) is 23.5 Å². The first-order valence-corrected chi connectivity index (χ1v) is 15.5. The number of H-pyrrole nitrogens is 1. The van der Waals surface area contributed by atoms with Crippen LogP contribution in [0, 0.1) is 5.82 Å². The molecular weight excluding hydrogens is 499 g/mol. The van der Waals surface area contributed by atoms with E-state index in [4.69, 9.17) is 0 Å². The van der Waals surface area contributed by atoms with E-state index in [-0.39, 0.29) is 12.0 Å². The van der Waals surface area contributed by atoms with Crippen LogP contribution >= 0.6 is 23.5 Å². The molecule has 4 heterocycles. The predicted molar refractivity (Wildman–Crippen MR) is 157 cm³/mol. The number of fused-ring (bicyclic) bond motifs is 6. The second-order valence-corrected chi connectivity index (χ2v) is 13.5. The molecule has 0 fully saturated rings. The van der Waals surface area contributed by atoms with Gasteiger partial charge in [0, 0.05) is 81.6 Å². The summed E-state index contributed by atoms with van der Waals surface area (Å²) in [7, 11) is 4.47. The molecule has 196 valence electrons. The van der Waals surface area contributed by atoms with Crippen molar-refractivity contribution in [1.29, 1.82) is 0 Å². The van der Waals surface area contributed by atoms with Crippen LogP contribution in [0.1, 0.15) is 42.5 Å². The molecular formula is C30H37FN4S2. The van der Waals surface area contributed by atoms with E-state index in [9.17, 15) is 0 Å². The number of hydrogen-bond acceptors (Lipinski definition) is 4. The zero-order chi connectivity index (χ0) is 25.8. The molecule has 0 saturated heterocycles. The number of aromatic amines is 1. The van der Waals surface area contributed by atoms with Gasteiger partial charge in [0.1, 0.15) is 5.82 Å². The highest BCUT2D eigenvalue weighted by atomic mass is 32.2. The maximum atomic E-state index is 15.4. The summed E-state index contributed by atoms with van der Waals surface area (Å²) in [6.45, 7) is 7.31. The molecule has 2 aliphatic rings. The fourth-order valence-electron chi connectivity index (χ4n) is 6.30. The maximum Gasteiger partial charge on any atom is 0.137 e. The van der Waals surface area contributed by atoms with E-state index in [0.717, 1.165) is 55.6 Å². The van der Waals surface area contributed by atoms with Gasteiger partial charge in [0.05, 0.1) is 11.7 Å². The molecule has 37 heavy (non-hydrogen) atoms. The van der Waals surface area contributed by atoms with E-state index in [1.165, 1.54) is 43.8 Å². The van der Waals surface area contributed by atoms with Crippen LogP contribution in [-0.4, -0.2) is 64.6 Å². The minimum atomic E-state index is -0.0820. The summed E-state index contributed by atoms with van der Waals surface area (Å²) >= 11 is 3.42. The molecule has 1 N–H and O–H groups in total. The third-order valence-electron chi connectivity index (χ3n) is 8.22. The zero-order valence-corrected chi connectivity index (χ0v) is 24.2. The van der Waals surface area contributed by atoms with Crippen LogP contribution in [0.4, 0.5) is 4.39 Å². The van der Waals surface area contributed by atoms with E-state index in [1.807, 2.05) is 6.07 Å². The molecule has 4 nitrogen and oxygen atoms in total. The van der Waals surface area contributed by atoms with E-state index >= 15 is 4.39 Å². The summed E-state index contributed by atoms with van der Waals surface area (Å²) in [4.78, 5) is 10.7. The first-order valence-electron chi connectivity index (χ1n) is 13.4. The smallest absolute Gasteiger partial charge is 0.137 e. The van der Waals surface area contributed by atoms with Gasteiger partial charge in [-0.2, -0.15) is 0 Å². The number of nitrogens with zero attached hydrogens (tertiary/aromatic N) is 3. The van der Waals surface area contributed by atoms with E-state index in [0.29, 0.717) is 5.25 Å². The van der Waals surface area contributed by atoms with Crippen LogP contribution < -0.4 is 0 Å². The van der Waals surface area contributed by atoms with Gasteiger partial charge < -0.3 is 14.5 Å². The monoisotopic (exact) mass is 536 g/mol. The van der Waals surface area contributed by atoms with Crippen molar-refractivity contribution in [3.63, 3.8) is 0 Å². The molecule has 0 spiro atoms. The van der Waals surface area contributed by atoms with Gasteiger partial charge in [-0.05, 0) is 62.2 Å². The molecule has 1 unspecified atom stereocenters. The Morgan fingerprint density at radius 3 is 2.57 bits per heavy atom. The third kappa shape index (κ3) is 4.52. The zero-order valence-electron chi connectivity index (χ0n) is 22.5. The van der Waals surface area contributed by atoms with Crippen molar-refractivity contribution in [3.05, 3.63) is 58.7 Å². The van der Waals surface area contributed by atoms with Gasteiger partial charge in [-0.3, -0.25) is 4.90 Å². The SMILES string of the molecule is CSc1ccc2c3c([nH]c2c1)CCN(C)C(n1c2c(c4cc(F)c(SC(C)C)cc41)CCN(C)CC2)C3. The fraction of sp³-hybridized carbons (Fsp3) is 0.467. The summed E-state index contributed by atoms with van der Waals surface area (Å²) in [5.74, 6) is -0.0820. The van der Waals surface area contributed by atoms with Crippen molar-refractivity contribution < 1.29 is 4.39 Å². The quantitative estimate of drug-likeness (QED) is 0.292. The van der Waals surface area contributed by atoms with Crippen LogP contribution in [0.3, 0.4) is 0 Å². The molecule has 6 rings (SSSR count). The Bertz CT molecular complexity index is 1470. The molecule has 7 heteroatoms. The second-order valence-electron chi connectivity index (χ2n) is 11.0. The number of rotatable bonds is 4. The van der Waals surface area contributed by atoms with Gasteiger partial charge in [0.15, 0.2) is 0 Å². The Labute approximate surface area is 228 Å². The second kappa shape index (κ2) is 9.99. The number of aromatic nitrogens is 2. The third-order valence-corrected chi connectivity index (χ3v) is 9.98. The molecule has 2 aromatic carbocycles. The van der Waals surface area contributed by atoms with Crippen molar-refractivity contribution in [2.24, 2.45) is 0 Å². The number of nitrogens with one attached hydrogen (secondary N) is 1. The van der Waals surface area contributed by atoms with Crippen molar-refractivity contribution in [2.45, 2.75) is 60.7 Å². The molecule has 0 aliphatic carbocycles. The lowest BCUT2D eigenvalue weighted by molar-refractivity contribution is 0.185. The lowest BCUT2D eigenvalue weighted by atomic mass is 10.0. The van der Waals surface area contributed by atoms with Crippen molar-refractivity contribution >= 4 is 45.3 Å². The highest BCUT2D eigenvalue weighted by Gasteiger charge is 2.31. The normalized spacial score (nSPS) is 19.4. The number of halogens is 1. The lowest BCUT2D eigenvalue weighted by Gasteiger charge is -2.30. The Morgan fingerprint density at radius 2 is 1.78 bits per heavy atom. The molecule has 1 atom stereocenters. The first kappa shape index (κ1) is 25.4. The molecule has 0 radical (unpaired) electrons. The summed E-state index contributed by atoms with van der Waals surface area (Å²) in [5, 5.41) is 2.79. The molecule has 0 bridgehead atoms. The molecule has 2 aliphatic heterocycles. The van der Waals surface area contributed by atoms with Crippen LogP contribution in [-0.2, 0) is 25.7 Å². The van der Waals surface area contributed by atoms with Gasteiger partial charge >= 0.3 is 0 Å². The van der Waals surface area contributed by atoms with Gasteiger partial charge in [-0.25, -0.2) is 4.39 Å². The Kier molecular flexibility index (Phi) is 6.85. The minimum absolute atomic E-state index is 0.0820. The maximum absolute atomic E-state index is 15.4. The summed E-state index contributed by atoms with van der Waals surface area (Å²) in [5.41, 5.74) is 8.00. The predicted octanol–water partition coefficient (Wildman–Crippen LogP) is 6.74. The molecule has 2 aromatic heterocycles. The number of benzene rings is 2. The van der Waals surface area contributed by atoms with Crippen molar-refractivity contribution in [1.82, 2.24) is 19.4 Å². The van der Waals surface area contributed by atoms with E-state index < -0.39 is 0 Å². The fourth-order valence-corrected chi connectivity index (χ4v) is 7.60. The summed E-state index contributed by atoms with van der Waals surface area (Å²) in [6.07, 6.45) is 6.25. The topological polar surface area (TPSA) is 27.2 Å². The number of thioether (sulfide) groups is 2. The Morgan fingerprint density at radius 1 is 0.973 bits per heavy atom. The lowest BCUT2D eigenvalue weighted by Crippen LogP contribution is -2.32. The average molecular weight is 537 g/mol. The molecule has 4 aromatic rings. The van der Waals surface area contributed by atoms with Crippen LogP contribution in [0.5, 0.6) is 0 Å². The van der Waals surface area contributed by atoms with Crippen molar-refractivity contribution in [3.8, 4) is 0 Å². The summed E-state index contributed by atoms with van der Waals surface area (Å²) < 4.78 is 18.0. The van der Waals surface area contributed by atoms with Crippen molar-refractivity contribution in [2.75, 3.05) is 40.0 Å². The minimum Gasteiger partial charge on any atom is -0.358 e. The first-order chi connectivity index (χ1) is 17.8. The Hall–Kier alpha value is -1.93. The standard InChI is InChI=1S/C30H37FN4S2/c1-18(2)37-29-17-28-23(15-24(29)31)21-8-11-33(3)12-10-27(21)35(28)30-16-22-20-7-6-19(36-5)14-26(20)32-25(22)9-13-34(30)4/h6-7,14-15,17-18,30,32H,8-13,16H2,1-5H3. The Balaban J connectivity index is 1.54. The van der Waals surface area contributed by atoms with Gasteiger partial charge in [-0.15, -0.1) is 23.5 Å². The molecule has 0 saturated carbocycles. The average Bonchev–Trinajstić information content (AvgIpc) is 3.21. The highest BCUT2D eigenvalue weighted by molar-refractivity contribution is 8.00. The number of likely N-dealkylation sites (N-methyl/N-ethyl adjacent to an activating group) is 2. The number of hydrogen-bond donors (Lipinski definition) is 1. The molecule has 0 amide bonds. The van der Waals surface area contributed by atoms with Gasteiger partial charge in [-0.1, -0.05) is 19.9 Å². The highest BCUT2D eigenvalue weighted by Crippen LogP contribution is 2.40. The van der Waals surface area contributed by atoms with Gasteiger partial charge in [0.25, 0.3) is 0 Å². The van der Waals surface area contributed by atoms with Crippen LogP contribution in [0.25, 0.3) is 21.8 Å². The largest absolute Gasteiger partial charge is 0.358 e. The van der Waals surface area contributed by atoms with Crippen LogP contribution in [0.15, 0.2) is 40.1 Å².